The van der Waals surface area contributed by atoms with Crippen LogP contribution in [0.3, 0.4) is 0 Å². The summed E-state index contributed by atoms with van der Waals surface area (Å²) < 4.78 is 5.38. The fourth-order valence-electron chi connectivity index (χ4n) is 2.76. The lowest BCUT2D eigenvalue weighted by molar-refractivity contribution is 0.416. The van der Waals surface area contributed by atoms with Gasteiger partial charge in [-0.2, -0.15) is 0 Å². The van der Waals surface area contributed by atoms with E-state index in [2.05, 4.69) is 10.9 Å². The molecule has 3 aromatic carbocycles. The summed E-state index contributed by atoms with van der Waals surface area (Å²) in [7, 11) is 1.64. The molecule has 1 aromatic heterocycles. The topological polar surface area (TPSA) is 59.1 Å². The van der Waals surface area contributed by atoms with Crippen LogP contribution in [0.1, 0.15) is 0 Å². The van der Waals surface area contributed by atoms with Crippen molar-refractivity contribution in [2.24, 2.45) is 0 Å². The number of fused-ring (bicyclic) bond motifs is 1. The third-order valence-corrected chi connectivity index (χ3v) is 4.04. The molecule has 0 bridgehead atoms. The minimum Gasteiger partial charge on any atom is -0.495 e. The second-order valence-electron chi connectivity index (χ2n) is 5.73. The summed E-state index contributed by atoms with van der Waals surface area (Å²) in [4.78, 5) is 9.55. The van der Waals surface area contributed by atoms with E-state index in [1.807, 2.05) is 78.9 Å². The van der Waals surface area contributed by atoms with Crippen LogP contribution in [0.5, 0.6) is 5.75 Å². The van der Waals surface area contributed by atoms with E-state index in [9.17, 15) is 0 Å². The maximum atomic E-state index is 5.38. The van der Waals surface area contributed by atoms with E-state index in [0.29, 0.717) is 5.82 Å². The number of benzene rings is 3. The summed E-state index contributed by atoms with van der Waals surface area (Å²) >= 11 is 0. The molecule has 0 aliphatic carbocycles. The first-order valence-corrected chi connectivity index (χ1v) is 8.32. The van der Waals surface area contributed by atoms with Gasteiger partial charge in [0.15, 0.2) is 5.82 Å². The van der Waals surface area contributed by atoms with Crippen LogP contribution in [0, 0.1) is 0 Å². The molecule has 0 radical (unpaired) electrons. The second kappa shape index (κ2) is 7.11. The molecule has 4 aromatic rings. The molecule has 0 amide bonds. The standard InChI is InChI=1S/C21H18N4O/c1-26-19-14-8-7-13-18(19)24-25-21-20(15-9-3-2-4-10-15)22-16-11-5-6-12-17(16)23-21/h2-14,24H,1H3,(H,23,25). The highest BCUT2D eigenvalue weighted by atomic mass is 16.5. The Labute approximate surface area is 151 Å². The molecule has 0 aliphatic heterocycles. The maximum Gasteiger partial charge on any atom is 0.171 e. The third kappa shape index (κ3) is 3.15. The molecule has 0 atom stereocenters. The van der Waals surface area contributed by atoms with E-state index in [1.165, 1.54) is 0 Å². The Morgan fingerprint density at radius 2 is 1.35 bits per heavy atom. The van der Waals surface area contributed by atoms with Gasteiger partial charge < -0.3 is 4.74 Å². The van der Waals surface area contributed by atoms with Crippen LogP contribution in [0.4, 0.5) is 11.5 Å². The number of hydrogen-bond donors (Lipinski definition) is 2. The predicted molar refractivity (Wildman–Crippen MR) is 105 cm³/mol. The lowest BCUT2D eigenvalue weighted by atomic mass is 10.1. The van der Waals surface area contributed by atoms with Crippen molar-refractivity contribution in [1.82, 2.24) is 9.97 Å². The van der Waals surface area contributed by atoms with Crippen LogP contribution >= 0.6 is 0 Å². The van der Waals surface area contributed by atoms with Crippen molar-refractivity contribution in [2.75, 3.05) is 18.0 Å². The van der Waals surface area contributed by atoms with Crippen molar-refractivity contribution in [3.8, 4) is 17.0 Å². The number of hydrogen-bond acceptors (Lipinski definition) is 5. The van der Waals surface area contributed by atoms with Crippen LogP contribution in [-0.4, -0.2) is 17.1 Å². The number of hydrazine groups is 1. The average molecular weight is 342 g/mol. The van der Waals surface area contributed by atoms with E-state index < -0.39 is 0 Å². The SMILES string of the molecule is COc1ccccc1NNc1nc2ccccc2nc1-c1ccccc1. The highest BCUT2D eigenvalue weighted by Crippen LogP contribution is 2.28. The van der Waals surface area contributed by atoms with Crippen molar-refractivity contribution in [2.45, 2.75) is 0 Å². The number of anilines is 2. The highest BCUT2D eigenvalue weighted by Gasteiger charge is 2.11. The van der Waals surface area contributed by atoms with Gasteiger partial charge >= 0.3 is 0 Å². The van der Waals surface area contributed by atoms with Crippen molar-refractivity contribution < 1.29 is 4.74 Å². The summed E-state index contributed by atoms with van der Waals surface area (Å²) in [5.41, 5.74) is 10.7. The van der Waals surface area contributed by atoms with Crippen molar-refractivity contribution in [1.29, 1.82) is 0 Å². The molecule has 0 saturated carbocycles. The van der Waals surface area contributed by atoms with Gasteiger partial charge in [-0.3, -0.25) is 10.9 Å². The summed E-state index contributed by atoms with van der Waals surface area (Å²) in [5.74, 6) is 1.40. The fraction of sp³-hybridized carbons (Fsp3) is 0.0476. The minimum absolute atomic E-state index is 0.654. The number of nitrogens with zero attached hydrogens (tertiary/aromatic N) is 2. The molecule has 1 heterocycles. The average Bonchev–Trinajstić information content (AvgIpc) is 2.72. The zero-order valence-corrected chi connectivity index (χ0v) is 14.3. The van der Waals surface area contributed by atoms with Gasteiger partial charge in [0, 0.05) is 5.56 Å². The smallest absolute Gasteiger partial charge is 0.171 e. The molecule has 0 unspecified atom stereocenters. The Hall–Kier alpha value is -3.60. The van der Waals surface area contributed by atoms with Gasteiger partial charge in [0.05, 0.1) is 23.8 Å². The normalized spacial score (nSPS) is 10.5. The zero-order valence-electron chi connectivity index (χ0n) is 14.3. The third-order valence-electron chi connectivity index (χ3n) is 4.04. The van der Waals surface area contributed by atoms with E-state index in [-0.39, 0.29) is 0 Å². The number of aromatic nitrogens is 2. The Morgan fingerprint density at radius 3 is 2.12 bits per heavy atom. The van der Waals surface area contributed by atoms with Crippen LogP contribution in [0.25, 0.3) is 22.3 Å². The summed E-state index contributed by atoms with van der Waals surface area (Å²) in [6.45, 7) is 0. The van der Waals surface area contributed by atoms with Gasteiger partial charge in [-0.05, 0) is 24.3 Å². The number of rotatable bonds is 5. The van der Waals surface area contributed by atoms with E-state index in [4.69, 9.17) is 14.7 Å². The molecule has 26 heavy (non-hydrogen) atoms. The van der Waals surface area contributed by atoms with Crippen LogP contribution in [0.2, 0.25) is 0 Å². The lowest BCUT2D eigenvalue weighted by Crippen LogP contribution is -2.12. The Kier molecular flexibility index (Phi) is 4.35. The monoisotopic (exact) mass is 342 g/mol. The first-order valence-electron chi connectivity index (χ1n) is 8.32. The molecule has 4 rings (SSSR count). The molecular formula is C21H18N4O. The molecular weight excluding hydrogens is 324 g/mol. The van der Waals surface area contributed by atoms with Gasteiger partial charge in [0.25, 0.3) is 0 Å². The van der Waals surface area contributed by atoms with E-state index in [1.54, 1.807) is 7.11 Å². The van der Waals surface area contributed by atoms with Gasteiger partial charge in [0.2, 0.25) is 0 Å². The summed E-state index contributed by atoms with van der Waals surface area (Å²) in [6.07, 6.45) is 0. The molecule has 0 spiro atoms. The van der Waals surface area contributed by atoms with Crippen molar-refractivity contribution >= 4 is 22.5 Å². The van der Waals surface area contributed by atoms with E-state index in [0.717, 1.165) is 33.7 Å². The largest absolute Gasteiger partial charge is 0.495 e. The fourth-order valence-corrected chi connectivity index (χ4v) is 2.76. The number of ether oxygens (including phenoxy) is 1. The minimum atomic E-state index is 0.654. The quantitative estimate of drug-likeness (QED) is 0.513. The van der Waals surface area contributed by atoms with Crippen LogP contribution in [0.15, 0.2) is 78.9 Å². The highest BCUT2D eigenvalue weighted by molar-refractivity contribution is 5.83. The predicted octanol–water partition coefficient (Wildman–Crippen LogP) is 4.74. The number of methoxy groups -OCH3 is 1. The molecule has 5 heteroatoms. The van der Waals surface area contributed by atoms with Gasteiger partial charge in [-0.15, -0.1) is 0 Å². The molecule has 128 valence electrons. The van der Waals surface area contributed by atoms with Crippen LogP contribution < -0.4 is 15.6 Å². The zero-order chi connectivity index (χ0) is 17.8. The van der Waals surface area contributed by atoms with Crippen LogP contribution in [-0.2, 0) is 0 Å². The molecule has 0 fully saturated rings. The Bertz CT molecular complexity index is 1030. The van der Waals surface area contributed by atoms with Gasteiger partial charge in [-0.1, -0.05) is 54.6 Å². The first-order chi connectivity index (χ1) is 12.8. The summed E-state index contributed by atoms with van der Waals surface area (Å²) in [5, 5.41) is 0. The van der Waals surface area contributed by atoms with Crippen molar-refractivity contribution in [3.63, 3.8) is 0 Å². The molecule has 5 nitrogen and oxygen atoms in total. The maximum absolute atomic E-state index is 5.38. The van der Waals surface area contributed by atoms with Gasteiger partial charge in [0.1, 0.15) is 11.4 Å². The van der Waals surface area contributed by atoms with E-state index >= 15 is 0 Å². The summed E-state index contributed by atoms with van der Waals surface area (Å²) in [6, 6.07) is 25.5. The number of nitrogens with one attached hydrogen (secondary N) is 2. The van der Waals surface area contributed by atoms with Gasteiger partial charge in [-0.25, -0.2) is 9.97 Å². The second-order valence-corrected chi connectivity index (χ2v) is 5.73. The lowest BCUT2D eigenvalue weighted by Gasteiger charge is -2.15. The first kappa shape index (κ1) is 15.9. The Balaban J connectivity index is 1.75. The molecule has 0 aliphatic rings. The van der Waals surface area contributed by atoms with Crippen molar-refractivity contribution in [3.05, 3.63) is 78.9 Å². The Morgan fingerprint density at radius 1 is 0.692 bits per heavy atom. The number of para-hydroxylation sites is 4. The molecule has 2 N–H and O–H groups in total. The molecule has 0 saturated heterocycles.